The summed E-state index contributed by atoms with van der Waals surface area (Å²) < 4.78 is 3.77. The van der Waals surface area contributed by atoms with Crippen molar-refractivity contribution in [3.05, 3.63) is 0 Å². The van der Waals surface area contributed by atoms with Gasteiger partial charge in [0.1, 0.15) is 6.54 Å². The number of carbonyl (C=O) groups is 1. The lowest BCUT2D eigenvalue weighted by Gasteiger charge is -2.15. The summed E-state index contributed by atoms with van der Waals surface area (Å²) in [6.45, 7) is -0.259. The Morgan fingerprint density at radius 2 is 2.12 bits per heavy atom. The van der Waals surface area contributed by atoms with Crippen LogP contribution in [0.25, 0.3) is 0 Å². The summed E-state index contributed by atoms with van der Waals surface area (Å²) in [5.74, 6) is -0.820. The van der Waals surface area contributed by atoms with Crippen molar-refractivity contribution in [2.45, 2.75) is 12.3 Å². The molecule has 0 aromatic rings. The molecule has 9 heteroatoms. The number of guanidine groups is 1. The van der Waals surface area contributed by atoms with E-state index < -0.39 is 18.3 Å². The molecule has 0 rings (SSSR count). The lowest BCUT2D eigenvalue weighted by molar-refractivity contribution is -0.137. The summed E-state index contributed by atoms with van der Waals surface area (Å²) in [5, 5.41) is 25.8. The first-order chi connectivity index (χ1) is 7.34. The Bertz CT molecular complexity index is 261. The molecular formula is C7H16N4O4S. The van der Waals surface area contributed by atoms with E-state index in [4.69, 9.17) is 26.8 Å². The number of hydrogen-bond acceptors (Lipinski definition) is 6. The summed E-state index contributed by atoms with van der Waals surface area (Å²) >= 11 is 0.937. The van der Waals surface area contributed by atoms with Gasteiger partial charge < -0.3 is 31.7 Å². The highest BCUT2D eigenvalue weighted by Gasteiger charge is 2.11. The third-order valence-electron chi connectivity index (χ3n) is 1.57. The molecule has 0 aliphatic heterocycles. The summed E-state index contributed by atoms with van der Waals surface area (Å²) in [7, 11) is 1.48. The van der Waals surface area contributed by atoms with Crippen LogP contribution in [0.3, 0.4) is 0 Å². The maximum atomic E-state index is 10.3. The predicted octanol–water partition coefficient (Wildman–Crippen LogP) is -2.40. The zero-order chi connectivity index (χ0) is 12.7. The van der Waals surface area contributed by atoms with Crippen molar-refractivity contribution in [3.8, 4) is 0 Å². The van der Waals surface area contributed by atoms with Gasteiger partial charge in [0.2, 0.25) is 5.96 Å². The van der Waals surface area contributed by atoms with E-state index in [1.54, 1.807) is 0 Å². The van der Waals surface area contributed by atoms with Gasteiger partial charge in [-0.05, 0) is 11.9 Å². The van der Waals surface area contributed by atoms with Crippen molar-refractivity contribution < 1.29 is 20.1 Å². The lowest BCUT2D eigenvalue weighted by atomic mass is 10.4. The molecule has 0 heterocycles. The lowest BCUT2D eigenvalue weighted by Crippen LogP contribution is -2.38. The van der Waals surface area contributed by atoms with Crippen LogP contribution in [-0.4, -0.2) is 63.8 Å². The Morgan fingerprint density at radius 1 is 1.56 bits per heavy atom. The summed E-state index contributed by atoms with van der Waals surface area (Å²) in [6, 6.07) is -0.827. The van der Waals surface area contributed by atoms with E-state index in [0.29, 0.717) is 0 Å². The number of hydrogen-bond donors (Lipinski definition) is 5. The zero-order valence-corrected chi connectivity index (χ0v) is 9.59. The third-order valence-corrected chi connectivity index (χ3v) is 2.42. The molecule has 0 aliphatic carbocycles. The highest BCUT2D eigenvalue weighted by atomic mass is 32.2. The van der Waals surface area contributed by atoms with Crippen LogP contribution in [0.4, 0.5) is 0 Å². The van der Waals surface area contributed by atoms with Crippen LogP contribution < -0.4 is 11.5 Å². The van der Waals surface area contributed by atoms with Crippen molar-refractivity contribution in [2.75, 3.05) is 19.3 Å². The van der Waals surface area contributed by atoms with Crippen LogP contribution in [-0.2, 0) is 4.79 Å². The maximum Gasteiger partial charge on any atom is 0.323 e. The molecule has 0 aliphatic rings. The van der Waals surface area contributed by atoms with Crippen LogP contribution in [0, 0.1) is 0 Å². The highest BCUT2D eigenvalue weighted by molar-refractivity contribution is 7.98. The fourth-order valence-corrected chi connectivity index (χ4v) is 1.32. The van der Waals surface area contributed by atoms with E-state index in [1.165, 1.54) is 11.9 Å². The number of aliphatic carboxylic acids is 1. The standard InChI is InChI=1S/C7H16N4O4S/c1-11(2-5(12)13)7(9)10-16-3-4(8)6(14)15/h4,6,14-15H,2-3,8H2,1H3,(H2,9,10)(H,12,13)/t4-/m1/s1. The van der Waals surface area contributed by atoms with E-state index >= 15 is 0 Å². The number of aliphatic hydroxyl groups excluding tert-OH is 1. The minimum atomic E-state index is -1.61. The number of rotatable bonds is 6. The van der Waals surface area contributed by atoms with Gasteiger partial charge in [0.05, 0.1) is 6.04 Å². The Labute approximate surface area is 97.1 Å². The second-order valence-electron chi connectivity index (χ2n) is 3.07. The second-order valence-corrected chi connectivity index (χ2v) is 3.85. The van der Waals surface area contributed by atoms with E-state index in [9.17, 15) is 4.79 Å². The Hall–Kier alpha value is -1.03. The number of carboxylic acid groups (broad SMARTS) is 1. The smallest absolute Gasteiger partial charge is 0.323 e. The van der Waals surface area contributed by atoms with Crippen LogP contribution in [0.2, 0.25) is 0 Å². The number of carboxylic acids is 1. The van der Waals surface area contributed by atoms with Crippen molar-refractivity contribution in [3.63, 3.8) is 0 Å². The molecule has 0 fully saturated rings. The molecule has 0 saturated carbocycles. The van der Waals surface area contributed by atoms with Crippen LogP contribution >= 0.6 is 11.9 Å². The van der Waals surface area contributed by atoms with Gasteiger partial charge in [0, 0.05) is 12.8 Å². The molecule has 0 amide bonds. The van der Waals surface area contributed by atoms with Gasteiger partial charge in [-0.2, -0.15) is 4.40 Å². The first kappa shape index (κ1) is 15.0. The number of likely N-dealkylation sites (N-methyl/N-ethyl adjacent to an activating group) is 1. The normalized spacial score (nSPS) is 13.9. The molecule has 94 valence electrons. The first-order valence-corrected chi connectivity index (χ1v) is 5.29. The molecule has 0 bridgehead atoms. The van der Waals surface area contributed by atoms with Gasteiger partial charge in [0.25, 0.3) is 0 Å². The minimum Gasteiger partial charge on any atom is -0.480 e. The number of aliphatic hydroxyl groups is 2. The average Bonchev–Trinajstić information content (AvgIpc) is 2.15. The van der Waals surface area contributed by atoms with E-state index in [2.05, 4.69) is 4.40 Å². The fourth-order valence-electron chi connectivity index (χ4n) is 0.629. The van der Waals surface area contributed by atoms with Crippen molar-refractivity contribution >= 4 is 23.9 Å². The Balaban J connectivity index is 3.99. The fraction of sp³-hybridized carbons (Fsp3) is 0.714. The summed E-state index contributed by atoms with van der Waals surface area (Å²) in [4.78, 5) is 11.6. The van der Waals surface area contributed by atoms with Crippen molar-refractivity contribution in [1.82, 2.24) is 4.90 Å². The molecular weight excluding hydrogens is 236 g/mol. The zero-order valence-electron chi connectivity index (χ0n) is 8.78. The molecule has 0 unspecified atom stereocenters. The Kier molecular flexibility index (Phi) is 6.81. The van der Waals surface area contributed by atoms with Crippen LogP contribution in [0.15, 0.2) is 4.40 Å². The van der Waals surface area contributed by atoms with E-state index in [-0.39, 0.29) is 18.3 Å². The quantitative estimate of drug-likeness (QED) is 0.152. The van der Waals surface area contributed by atoms with Gasteiger partial charge >= 0.3 is 5.97 Å². The van der Waals surface area contributed by atoms with Crippen LogP contribution in [0.1, 0.15) is 0 Å². The summed E-state index contributed by atoms with van der Waals surface area (Å²) in [6.07, 6.45) is -1.61. The summed E-state index contributed by atoms with van der Waals surface area (Å²) in [5.41, 5.74) is 10.8. The molecule has 1 atom stereocenters. The number of nitrogens with zero attached hydrogens (tertiary/aromatic N) is 2. The van der Waals surface area contributed by atoms with Gasteiger partial charge in [-0.3, -0.25) is 4.79 Å². The molecule has 0 spiro atoms. The van der Waals surface area contributed by atoms with Crippen molar-refractivity contribution in [2.24, 2.45) is 15.9 Å². The van der Waals surface area contributed by atoms with Crippen molar-refractivity contribution in [1.29, 1.82) is 0 Å². The molecule has 8 nitrogen and oxygen atoms in total. The second kappa shape index (κ2) is 7.28. The average molecular weight is 252 g/mol. The SMILES string of the molecule is CN(CC(=O)O)/C(N)=N/SC[C@@H](N)C(O)O. The molecule has 0 radical (unpaired) electrons. The van der Waals surface area contributed by atoms with Gasteiger partial charge in [-0.25, -0.2) is 0 Å². The molecule has 0 aromatic carbocycles. The highest BCUT2D eigenvalue weighted by Crippen LogP contribution is 2.05. The van der Waals surface area contributed by atoms with E-state index in [0.717, 1.165) is 11.9 Å². The predicted molar refractivity (Wildman–Crippen MR) is 60.5 cm³/mol. The monoisotopic (exact) mass is 252 g/mol. The molecule has 0 saturated heterocycles. The Morgan fingerprint density at radius 3 is 2.56 bits per heavy atom. The van der Waals surface area contributed by atoms with E-state index in [1.807, 2.05) is 0 Å². The molecule has 16 heavy (non-hydrogen) atoms. The van der Waals surface area contributed by atoms with Gasteiger partial charge in [-0.1, -0.05) is 0 Å². The third kappa shape index (κ3) is 6.45. The topological polar surface area (TPSA) is 145 Å². The van der Waals surface area contributed by atoms with Crippen LogP contribution in [0.5, 0.6) is 0 Å². The molecule has 0 aromatic heterocycles. The first-order valence-electron chi connectivity index (χ1n) is 4.34. The molecule has 7 N–H and O–H groups in total. The maximum absolute atomic E-state index is 10.3. The number of nitrogens with two attached hydrogens (primary N) is 2. The van der Waals surface area contributed by atoms with Gasteiger partial charge in [0.15, 0.2) is 6.29 Å². The minimum absolute atomic E-state index is 0.0343. The van der Waals surface area contributed by atoms with Gasteiger partial charge in [-0.15, -0.1) is 0 Å². The largest absolute Gasteiger partial charge is 0.480 e.